The van der Waals surface area contributed by atoms with Crippen LogP contribution in [0.15, 0.2) is 84.2 Å². The van der Waals surface area contributed by atoms with Crippen LogP contribution in [0.1, 0.15) is 20.7 Å². The molecule has 2 amide bonds. The molecule has 0 atom stereocenters. The lowest BCUT2D eigenvalue weighted by atomic mass is 10.1. The molecule has 0 aliphatic rings. The first-order chi connectivity index (χ1) is 14.6. The van der Waals surface area contributed by atoms with E-state index < -0.39 is 0 Å². The number of nitrogens with one attached hydrogen (secondary N) is 2. The average Bonchev–Trinajstić information content (AvgIpc) is 3.23. The van der Waals surface area contributed by atoms with E-state index in [1.807, 2.05) is 47.8 Å². The van der Waals surface area contributed by atoms with Gasteiger partial charge >= 0.3 is 0 Å². The highest BCUT2D eigenvalue weighted by Gasteiger charge is 2.11. The van der Waals surface area contributed by atoms with Crippen molar-refractivity contribution in [2.24, 2.45) is 0 Å². The number of anilines is 2. The fourth-order valence-electron chi connectivity index (χ4n) is 2.75. The molecule has 0 fully saturated rings. The van der Waals surface area contributed by atoms with Gasteiger partial charge in [0, 0.05) is 32.8 Å². The summed E-state index contributed by atoms with van der Waals surface area (Å²) in [6, 6.07) is 23.1. The second kappa shape index (κ2) is 8.90. The van der Waals surface area contributed by atoms with Crippen LogP contribution in [-0.2, 0) is 0 Å². The number of thiazole rings is 1. The summed E-state index contributed by atoms with van der Waals surface area (Å²) in [6.45, 7) is 0. The van der Waals surface area contributed by atoms with Gasteiger partial charge in [-0.2, -0.15) is 0 Å². The minimum atomic E-state index is -0.244. The number of aromatic nitrogens is 1. The number of amides is 2. The molecule has 0 unspecified atom stereocenters. The highest BCUT2D eigenvalue weighted by molar-refractivity contribution is 7.14. The fourth-order valence-corrected chi connectivity index (χ4v) is 3.59. The van der Waals surface area contributed by atoms with Gasteiger partial charge in [0.2, 0.25) is 0 Å². The molecule has 0 saturated carbocycles. The van der Waals surface area contributed by atoms with Crippen molar-refractivity contribution in [3.63, 3.8) is 0 Å². The van der Waals surface area contributed by atoms with E-state index in [1.165, 1.54) is 11.3 Å². The van der Waals surface area contributed by atoms with Crippen molar-refractivity contribution in [2.75, 3.05) is 10.6 Å². The molecule has 3 aromatic carbocycles. The number of benzene rings is 3. The van der Waals surface area contributed by atoms with Crippen LogP contribution < -0.4 is 10.6 Å². The van der Waals surface area contributed by atoms with E-state index in [0.717, 1.165) is 11.3 Å². The Kier molecular flexibility index (Phi) is 5.88. The Labute approximate surface area is 182 Å². The van der Waals surface area contributed by atoms with Gasteiger partial charge in [-0.05, 0) is 48.5 Å². The number of carbonyl (C=O) groups excluding carboxylic acids is 2. The van der Waals surface area contributed by atoms with Gasteiger partial charge in [-0.3, -0.25) is 14.9 Å². The van der Waals surface area contributed by atoms with E-state index >= 15 is 0 Å². The number of halogens is 1. The molecule has 0 radical (unpaired) electrons. The summed E-state index contributed by atoms with van der Waals surface area (Å²) >= 11 is 7.20. The van der Waals surface area contributed by atoms with Crippen LogP contribution in [0.3, 0.4) is 0 Å². The van der Waals surface area contributed by atoms with Crippen LogP contribution in [-0.4, -0.2) is 16.8 Å². The van der Waals surface area contributed by atoms with Gasteiger partial charge in [-0.25, -0.2) is 4.98 Å². The molecule has 148 valence electrons. The largest absolute Gasteiger partial charge is 0.322 e. The van der Waals surface area contributed by atoms with Crippen LogP contribution >= 0.6 is 22.9 Å². The second-order valence-electron chi connectivity index (χ2n) is 6.40. The smallest absolute Gasteiger partial charge is 0.257 e. The number of carbonyl (C=O) groups is 2. The van der Waals surface area contributed by atoms with Crippen molar-refractivity contribution in [1.82, 2.24) is 4.98 Å². The van der Waals surface area contributed by atoms with Crippen molar-refractivity contribution in [3.8, 4) is 11.3 Å². The molecule has 1 heterocycles. The summed E-state index contributed by atoms with van der Waals surface area (Å²) in [4.78, 5) is 29.0. The lowest BCUT2D eigenvalue weighted by Crippen LogP contribution is -2.11. The summed E-state index contributed by atoms with van der Waals surface area (Å²) in [5, 5.41) is 8.61. The average molecular weight is 434 g/mol. The Morgan fingerprint density at radius 2 is 1.40 bits per heavy atom. The van der Waals surface area contributed by atoms with E-state index in [1.54, 1.807) is 36.4 Å². The maximum atomic E-state index is 12.3. The van der Waals surface area contributed by atoms with Crippen molar-refractivity contribution < 1.29 is 9.59 Å². The molecule has 0 aliphatic carbocycles. The summed E-state index contributed by atoms with van der Waals surface area (Å²) < 4.78 is 0. The quantitative estimate of drug-likeness (QED) is 0.407. The Morgan fingerprint density at radius 1 is 0.767 bits per heavy atom. The van der Waals surface area contributed by atoms with E-state index in [-0.39, 0.29) is 11.8 Å². The van der Waals surface area contributed by atoms with Gasteiger partial charge in [-0.15, -0.1) is 11.3 Å². The van der Waals surface area contributed by atoms with E-state index in [0.29, 0.717) is 27.0 Å². The maximum absolute atomic E-state index is 12.3. The van der Waals surface area contributed by atoms with Gasteiger partial charge in [0.25, 0.3) is 11.8 Å². The summed E-state index contributed by atoms with van der Waals surface area (Å²) in [6.07, 6.45) is 0. The Morgan fingerprint density at radius 3 is 2.10 bits per heavy atom. The summed E-state index contributed by atoms with van der Waals surface area (Å²) in [5.41, 5.74) is 3.43. The van der Waals surface area contributed by atoms with E-state index in [2.05, 4.69) is 15.6 Å². The van der Waals surface area contributed by atoms with Crippen molar-refractivity contribution >= 4 is 45.6 Å². The number of rotatable bonds is 5. The summed E-state index contributed by atoms with van der Waals surface area (Å²) in [5.74, 6) is -0.407. The third-order valence-electron chi connectivity index (χ3n) is 4.31. The predicted molar refractivity (Wildman–Crippen MR) is 121 cm³/mol. The molecule has 7 heteroatoms. The molecule has 0 saturated heterocycles. The lowest BCUT2D eigenvalue weighted by molar-refractivity contribution is 0.101. The topological polar surface area (TPSA) is 71.1 Å². The lowest BCUT2D eigenvalue weighted by Gasteiger charge is -2.06. The highest BCUT2D eigenvalue weighted by Crippen LogP contribution is 2.26. The standard InChI is InChI=1S/C23H16ClN3O2S/c24-18-10-6-17(7-11-18)22(29)27-23-26-20(14-30-23)15-8-12-19(13-9-15)25-21(28)16-4-2-1-3-5-16/h1-14H,(H,25,28)(H,26,27,29). The molecule has 0 spiro atoms. The number of hydrogen-bond acceptors (Lipinski definition) is 4. The van der Waals surface area contributed by atoms with Gasteiger partial charge in [-0.1, -0.05) is 41.9 Å². The highest BCUT2D eigenvalue weighted by atomic mass is 35.5. The zero-order valence-corrected chi connectivity index (χ0v) is 17.2. The minimum absolute atomic E-state index is 0.163. The van der Waals surface area contributed by atoms with Crippen molar-refractivity contribution in [1.29, 1.82) is 0 Å². The van der Waals surface area contributed by atoms with Gasteiger partial charge in [0.1, 0.15) is 0 Å². The van der Waals surface area contributed by atoms with E-state index in [4.69, 9.17) is 11.6 Å². The Balaban J connectivity index is 1.41. The fraction of sp³-hybridized carbons (Fsp3) is 0. The molecule has 4 aromatic rings. The van der Waals surface area contributed by atoms with Crippen LogP contribution in [0.5, 0.6) is 0 Å². The van der Waals surface area contributed by atoms with Gasteiger partial charge < -0.3 is 5.32 Å². The SMILES string of the molecule is O=C(Nc1ccc(-c2csc(NC(=O)c3ccc(Cl)cc3)n2)cc1)c1ccccc1. The van der Waals surface area contributed by atoms with Gasteiger partial charge in [0.15, 0.2) is 5.13 Å². The molecular weight excluding hydrogens is 418 g/mol. The molecular formula is C23H16ClN3O2S. The molecule has 30 heavy (non-hydrogen) atoms. The zero-order valence-electron chi connectivity index (χ0n) is 15.6. The third-order valence-corrected chi connectivity index (χ3v) is 5.32. The first kappa shape index (κ1) is 19.8. The van der Waals surface area contributed by atoms with E-state index in [9.17, 15) is 9.59 Å². The predicted octanol–water partition coefficient (Wildman–Crippen LogP) is 5.97. The van der Waals surface area contributed by atoms with Crippen molar-refractivity contribution in [2.45, 2.75) is 0 Å². The number of nitrogens with zero attached hydrogens (tertiary/aromatic N) is 1. The molecule has 2 N–H and O–H groups in total. The molecule has 0 aliphatic heterocycles. The monoisotopic (exact) mass is 433 g/mol. The van der Waals surface area contributed by atoms with Crippen LogP contribution in [0.4, 0.5) is 10.8 Å². The van der Waals surface area contributed by atoms with Gasteiger partial charge in [0.05, 0.1) is 5.69 Å². The molecule has 4 rings (SSSR count). The van der Waals surface area contributed by atoms with Crippen LogP contribution in [0.2, 0.25) is 5.02 Å². The first-order valence-corrected chi connectivity index (χ1v) is 10.3. The molecule has 5 nitrogen and oxygen atoms in total. The normalized spacial score (nSPS) is 10.4. The number of hydrogen-bond donors (Lipinski definition) is 2. The Bertz CT molecular complexity index is 1170. The van der Waals surface area contributed by atoms with Crippen LogP contribution in [0.25, 0.3) is 11.3 Å². The Hall–Kier alpha value is -3.48. The second-order valence-corrected chi connectivity index (χ2v) is 7.69. The minimum Gasteiger partial charge on any atom is -0.322 e. The molecule has 0 bridgehead atoms. The maximum Gasteiger partial charge on any atom is 0.257 e. The zero-order chi connectivity index (χ0) is 20.9. The van der Waals surface area contributed by atoms with Crippen LogP contribution in [0, 0.1) is 0 Å². The molecule has 1 aromatic heterocycles. The summed E-state index contributed by atoms with van der Waals surface area (Å²) in [7, 11) is 0. The third kappa shape index (κ3) is 4.74. The van der Waals surface area contributed by atoms with Crippen molar-refractivity contribution in [3.05, 3.63) is 100 Å². The first-order valence-electron chi connectivity index (χ1n) is 9.08.